The van der Waals surface area contributed by atoms with Gasteiger partial charge in [0.25, 0.3) is 0 Å². The van der Waals surface area contributed by atoms with Crippen LogP contribution in [0.2, 0.25) is 0 Å². The van der Waals surface area contributed by atoms with Crippen molar-refractivity contribution in [3.05, 3.63) is 72.0 Å². The fourth-order valence-corrected chi connectivity index (χ4v) is 2.12. The Balaban J connectivity index is 0.00000147. The number of hydrogen-bond acceptors (Lipinski definition) is 2. The maximum atomic E-state index is 11.5. The first-order valence-electron chi connectivity index (χ1n) is 5.97. The summed E-state index contributed by atoms with van der Waals surface area (Å²) in [4.78, 5) is 16.0. The van der Waals surface area contributed by atoms with Crippen molar-refractivity contribution >= 4 is 16.8 Å². The Morgan fingerprint density at radius 1 is 0.950 bits per heavy atom. The average Bonchev–Trinajstić information content (AvgIpc) is 2.47. The molecule has 2 aromatic carbocycles. The molecule has 92 valence electrons. The van der Waals surface area contributed by atoms with Crippen LogP contribution in [-0.2, 0) is 0 Å². The standard InChI is InChI=1S/C16H12N2O.Na/c17-16(19)13-10-15(11-6-2-1-3-7-11)18-14-9-5-4-8-12(13)14;/h1-10H,(H2,17,19);/q;+1/p-1. The molecule has 0 unspecified atom stereocenters. The van der Waals surface area contributed by atoms with E-state index in [9.17, 15) is 4.79 Å². The predicted octanol–water partition coefficient (Wildman–Crippen LogP) is 1.10. The van der Waals surface area contributed by atoms with Crippen molar-refractivity contribution in [1.29, 1.82) is 0 Å². The number of nitrogens with one attached hydrogen (secondary N) is 1. The summed E-state index contributed by atoms with van der Waals surface area (Å²) in [6, 6.07) is 18.7. The quantitative estimate of drug-likeness (QED) is 0.655. The smallest absolute Gasteiger partial charge is 0.664 e. The van der Waals surface area contributed by atoms with E-state index in [0.29, 0.717) is 5.56 Å². The number of benzene rings is 2. The van der Waals surface area contributed by atoms with Crippen LogP contribution in [-0.4, -0.2) is 10.9 Å². The van der Waals surface area contributed by atoms with E-state index in [4.69, 9.17) is 5.73 Å². The van der Waals surface area contributed by atoms with Gasteiger partial charge in [0.1, 0.15) is 0 Å². The van der Waals surface area contributed by atoms with Gasteiger partial charge in [-0.15, -0.1) is 0 Å². The number of carbonyl (C=O) groups excluding carboxylic acids is 1. The molecule has 0 radical (unpaired) electrons. The topological polar surface area (TPSA) is 53.8 Å². The van der Waals surface area contributed by atoms with Gasteiger partial charge in [0, 0.05) is 16.5 Å². The molecular weight excluding hydrogens is 259 g/mol. The number of pyridine rings is 1. The predicted molar refractivity (Wildman–Crippen MR) is 75.8 cm³/mol. The van der Waals surface area contributed by atoms with Crippen LogP contribution in [0.3, 0.4) is 0 Å². The molecule has 0 fully saturated rings. The monoisotopic (exact) mass is 270 g/mol. The summed E-state index contributed by atoms with van der Waals surface area (Å²) in [5.41, 5.74) is 10.2. The van der Waals surface area contributed by atoms with Crippen LogP contribution in [0.4, 0.5) is 0 Å². The number of rotatable bonds is 2. The van der Waals surface area contributed by atoms with Crippen LogP contribution >= 0.6 is 0 Å². The summed E-state index contributed by atoms with van der Waals surface area (Å²) in [5.74, 6) is -0.684. The molecule has 0 aliphatic carbocycles. The Bertz CT molecular complexity index is 757. The van der Waals surface area contributed by atoms with Gasteiger partial charge in [-0.1, -0.05) is 48.5 Å². The van der Waals surface area contributed by atoms with Crippen molar-refractivity contribution in [1.82, 2.24) is 4.98 Å². The van der Waals surface area contributed by atoms with E-state index in [2.05, 4.69) is 4.98 Å². The molecule has 1 N–H and O–H groups in total. The number of nitrogens with zero attached hydrogens (tertiary/aromatic N) is 1. The number of fused-ring (bicyclic) bond motifs is 1. The second-order valence-corrected chi connectivity index (χ2v) is 4.27. The zero-order valence-electron chi connectivity index (χ0n) is 11.1. The molecule has 0 saturated heterocycles. The van der Waals surface area contributed by atoms with Crippen molar-refractivity contribution in [2.45, 2.75) is 0 Å². The Morgan fingerprint density at radius 3 is 2.30 bits per heavy atom. The van der Waals surface area contributed by atoms with Crippen LogP contribution in [0.5, 0.6) is 0 Å². The van der Waals surface area contributed by atoms with Gasteiger partial charge in [0.15, 0.2) is 0 Å². The maximum Gasteiger partial charge on any atom is 1.00 e. The third-order valence-electron chi connectivity index (χ3n) is 3.03. The molecule has 0 atom stereocenters. The number of carbonyl (C=O) groups is 1. The minimum atomic E-state index is -0.684. The van der Waals surface area contributed by atoms with E-state index in [1.165, 1.54) is 0 Å². The number of hydrogen-bond donors (Lipinski definition) is 0. The molecule has 3 rings (SSSR count). The van der Waals surface area contributed by atoms with E-state index >= 15 is 0 Å². The van der Waals surface area contributed by atoms with Crippen molar-refractivity contribution in [3.8, 4) is 11.3 Å². The Labute approximate surface area is 139 Å². The van der Waals surface area contributed by atoms with E-state index in [1.54, 1.807) is 6.07 Å². The molecule has 0 bridgehead atoms. The van der Waals surface area contributed by atoms with Crippen LogP contribution < -0.4 is 29.6 Å². The Kier molecular flexibility index (Phi) is 4.55. The molecule has 0 saturated carbocycles. The Morgan fingerprint density at radius 2 is 1.60 bits per heavy atom. The summed E-state index contributed by atoms with van der Waals surface area (Å²) in [6.07, 6.45) is 0. The average molecular weight is 270 g/mol. The SMILES string of the molecule is [NH-]C(=O)c1cc(-c2ccccc2)nc2ccccc12.[Na+]. The van der Waals surface area contributed by atoms with Gasteiger partial charge in [-0.3, -0.25) is 0 Å². The van der Waals surface area contributed by atoms with Crippen LogP contribution in [0.25, 0.3) is 27.9 Å². The van der Waals surface area contributed by atoms with Gasteiger partial charge in [-0.05, 0) is 12.1 Å². The van der Waals surface area contributed by atoms with Gasteiger partial charge >= 0.3 is 29.6 Å². The van der Waals surface area contributed by atoms with Crippen molar-refractivity contribution in [2.24, 2.45) is 0 Å². The molecule has 0 aliphatic rings. The van der Waals surface area contributed by atoms with Gasteiger partial charge in [0.05, 0.1) is 17.1 Å². The van der Waals surface area contributed by atoms with Crippen molar-refractivity contribution in [2.75, 3.05) is 0 Å². The first-order chi connectivity index (χ1) is 9.25. The molecule has 4 heteroatoms. The number of aromatic nitrogens is 1. The molecule has 1 amide bonds. The molecule has 1 aromatic heterocycles. The van der Waals surface area contributed by atoms with Gasteiger partial charge in [-0.2, -0.15) is 0 Å². The first-order valence-corrected chi connectivity index (χ1v) is 5.97. The minimum Gasteiger partial charge on any atom is -0.664 e. The van der Waals surface area contributed by atoms with Crippen LogP contribution in [0, 0.1) is 0 Å². The molecule has 20 heavy (non-hydrogen) atoms. The van der Waals surface area contributed by atoms with E-state index in [1.807, 2.05) is 54.6 Å². The summed E-state index contributed by atoms with van der Waals surface area (Å²) in [5, 5.41) is 0.724. The first kappa shape index (κ1) is 14.7. The summed E-state index contributed by atoms with van der Waals surface area (Å²) in [6.45, 7) is 0. The van der Waals surface area contributed by atoms with E-state index < -0.39 is 5.91 Å². The minimum absolute atomic E-state index is 0. The van der Waals surface area contributed by atoms with Gasteiger partial charge < -0.3 is 10.5 Å². The zero-order valence-corrected chi connectivity index (χ0v) is 13.1. The van der Waals surface area contributed by atoms with Crippen molar-refractivity contribution in [3.63, 3.8) is 0 Å². The molecular formula is C16H11N2NaO. The third-order valence-corrected chi connectivity index (χ3v) is 3.03. The second kappa shape index (κ2) is 6.18. The normalized spacial score (nSPS) is 10.0. The third kappa shape index (κ3) is 2.75. The zero-order chi connectivity index (χ0) is 13.2. The maximum absolute atomic E-state index is 11.5. The van der Waals surface area contributed by atoms with Crippen molar-refractivity contribution < 1.29 is 34.4 Å². The van der Waals surface area contributed by atoms with Crippen LogP contribution in [0.1, 0.15) is 10.4 Å². The summed E-state index contributed by atoms with van der Waals surface area (Å²) in [7, 11) is 0. The Hall–Kier alpha value is -1.68. The van der Waals surface area contributed by atoms with Gasteiger partial charge in [-0.25, -0.2) is 4.98 Å². The second-order valence-electron chi connectivity index (χ2n) is 4.27. The molecule has 3 aromatic rings. The summed E-state index contributed by atoms with van der Waals surface area (Å²) < 4.78 is 0. The van der Waals surface area contributed by atoms with E-state index in [0.717, 1.165) is 22.2 Å². The molecule has 1 heterocycles. The number of amides is 1. The fraction of sp³-hybridized carbons (Fsp3) is 0. The van der Waals surface area contributed by atoms with Gasteiger partial charge in [0.2, 0.25) is 0 Å². The van der Waals surface area contributed by atoms with Crippen LogP contribution in [0.15, 0.2) is 60.7 Å². The number of para-hydroxylation sites is 1. The molecule has 3 nitrogen and oxygen atoms in total. The molecule has 0 aliphatic heterocycles. The summed E-state index contributed by atoms with van der Waals surface area (Å²) >= 11 is 0. The largest absolute Gasteiger partial charge is 1.00 e. The van der Waals surface area contributed by atoms with E-state index in [-0.39, 0.29) is 29.6 Å². The molecule has 0 spiro atoms. The fourth-order valence-electron chi connectivity index (χ4n) is 2.12.